The smallest absolute Gasteiger partial charge is 0.411 e. The lowest BCUT2D eigenvalue weighted by Crippen LogP contribution is -2.21. The van der Waals surface area contributed by atoms with Crippen LogP contribution in [-0.4, -0.2) is 17.2 Å². The van der Waals surface area contributed by atoms with Crippen molar-refractivity contribution in [1.82, 2.24) is 0 Å². The number of amides is 1. The Bertz CT molecular complexity index is 693. The van der Waals surface area contributed by atoms with Crippen LogP contribution >= 0.6 is 0 Å². The minimum absolute atomic E-state index is 0.0406. The number of carbonyl (C=O) groups excluding carboxylic acids is 1. The van der Waals surface area contributed by atoms with E-state index in [4.69, 9.17) is 9.84 Å². The van der Waals surface area contributed by atoms with Gasteiger partial charge in [-0.1, -0.05) is 56.3 Å². The van der Waals surface area contributed by atoms with Gasteiger partial charge >= 0.3 is 12.1 Å². The molecule has 24 heavy (non-hydrogen) atoms. The fourth-order valence-corrected chi connectivity index (χ4v) is 2.36. The van der Waals surface area contributed by atoms with Gasteiger partial charge in [0.05, 0.1) is 6.42 Å². The second kappa shape index (κ2) is 7.64. The number of benzene rings is 2. The fraction of sp³-hybridized carbons (Fsp3) is 0.263. The first-order valence-corrected chi connectivity index (χ1v) is 7.67. The van der Waals surface area contributed by atoms with Crippen LogP contribution in [0.15, 0.2) is 54.6 Å². The third-order valence-electron chi connectivity index (χ3n) is 3.72. The van der Waals surface area contributed by atoms with E-state index < -0.39 is 17.5 Å². The minimum atomic E-state index is -0.841. The third-order valence-corrected chi connectivity index (χ3v) is 3.72. The lowest BCUT2D eigenvalue weighted by atomic mass is 9.81. The molecule has 0 aliphatic carbocycles. The zero-order valence-electron chi connectivity index (χ0n) is 13.8. The topological polar surface area (TPSA) is 75.6 Å². The number of aliphatic carboxylic acids is 1. The molecule has 5 nitrogen and oxygen atoms in total. The van der Waals surface area contributed by atoms with Gasteiger partial charge in [0, 0.05) is 11.1 Å². The molecular weight excluding hydrogens is 306 g/mol. The van der Waals surface area contributed by atoms with E-state index in [2.05, 4.69) is 5.32 Å². The van der Waals surface area contributed by atoms with Gasteiger partial charge in [-0.2, -0.15) is 0 Å². The van der Waals surface area contributed by atoms with E-state index >= 15 is 0 Å². The van der Waals surface area contributed by atoms with Crippen LogP contribution in [0.2, 0.25) is 0 Å². The van der Waals surface area contributed by atoms with Gasteiger partial charge in [-0.15, -0.1) is 0 Å². The molecule has 0 saturated carbocycles. The fourth-order valence-electron chi connectivity index (χ4n) is 2.36. The normalized spacial score (nSPS) is 10.9. The number of rotatable bonds is 6. The second-order valence-electron chi connectivity index (χ2n) is 6.22. The number of carboxylic acid groups (broad SMARTS) is 1. The first-order valence-electron chi connectivity index (χ1n) is 7.67. The van der Waals surface area contributed by atoms with E-state index in [0.717, 1.165) is 11.1 Å². The van der Waals surface area contributed by atoms with Crippen LogP contribution in [0.1, 0.15) is 31.4 Å². The highest BCUT2D eigenvalue weighted by molar-refractivity contribution is 5.84. The van der Waals surface area contributed by atoms with Crippen LogP contribution in [0.5, 0.6) is 0 Å². The predicted molar refractivity (Wildman–Crippen MR) is 92.0 cm³/mol. The van der Waals surface area contributed by atoms with Crippen molar-refractivity contribution in [1.29, 1.82) is 0 Å². The Morgan fingerprint density at radius 2 is 1.67 bits per heavy atom. The van der Waals surface area contributed by atoms with Crippen molar-refractivity contribution in [2.24, 2.45) is 0 Å². The summed E-state index contributed by atoms with van der Waals surface area (Å²) in [7, 11) is 0. The summed E-state index contributed by atoms with van der Waals surface area (Å²) in [5.41, 5.74) is 1.94. The standard InChI is InChI=1S/C19H21NO4/c1-19(2,12-17(21)22)15-8-10-16(11-9-15)20-18(23)24-13-14-6-4-3-5-7-14/h3-11H,12-13H2,1-2H3,(H,20,23)(H,21,22). The van der Waals surface area contributed by atoms with E-state index in [-0.39, 0.29) is 13.0 Å². The summed E-state index contributed by atoms with van der Waals surface area (Å²) >= 11 is 0. The van der Waals surface area contributed by atoms with Crippen molar-refractivity contribution < 1.29 is 19.4 Å². The summed E-state index contributed by atoms with van der Waals surface area (Å²) in [5, 5.41) is 11.6. The summed E-state index contributed by atoms with van der Waals surface area (Å²) in [5.74, 6) is -0.841. The van der Waals surface area contributed by atoms with Crippen molar-refractivity contribution in [3.05, 3.63) is 65.7 Å². The molecule has 0 atom stereocenters. The SMILES string of the molecule is CC(C)(CC(=O)O)c1ccc(NC(=O)OCc2ccccc2)cc1. The van der Waals surface area contributed by atoms with Gasteiger partial charge < -0.3 is 9.84 Å². The van der Waals surface area contributed by atoms with Crippen molar-refractivity contribution in [3.8, 4) is 0 Å². The first-order chi connectivity index (χ1) is 11.4. The zero-order valence-corrected chi connectivity index (χ0v) is 13.8. The van der Waals surface area contributed by atoms with Gasteiger partial charge in [-0.05, 0) is 23.3 Å². The molecule has 0 aromatic heterocycles. The van der Waals surface area contributed by atoms with Gasteiger partial charge in [0.2, 0.25) is 0 Å². The Labute approximate surface area is 141 Å². The lowest BCUT2D eigenvalue weighted by molar-refractivity contribution is -0.138. The van der Waals surface area contributed by atoms with E-state index in [9.17, 15) is 9.59 Å². The first kappa shape index (κ1) is 17.5. The van der Waals surface area contributed by atoms with Crippen LogP contribution in [0.25, 0.3) is 0 Å². The molecule has 0 fully saturated rings. The number of nitrogens with one attached hydrogen (secondary N) is 1. The van der Waals surface area contributed by atoms with Gasteiger partial charge in [-0.25, -0.2) is 4.79 Å². The summed E-state index contributed by atoms with van der Waals surface area (Å²) in [6.45, 7) is 3.95. The Kier molecular flexibility index (Phi) is 5.58. The summed E-state index contributed by atoms with van der Waals surface area (Å²) in [6.07, 6.45) is -0.491. The number of hydrogen-bond donors (Lipinski definition) is 2. The number of carbonyl (C=O) groups is 2. The molecule has 2 aromatic rings. The number of anilines is 1. The highest BCUT2D eigenvalue weighted by Gasteiger charge is 2.23. The molecule has 0 bridgehead atoms. The van der Waals surface area contributed by atoms with Gasteiger partial charge in [0.1, 0.15) is 6.61 Å². The third kappa shape index (κ3) is 5.12. The van der Waals surface area contributed by atoms with E-state index in [1.807, 2.05) is 56.3 Å². The van der Waals surface area contributed by atoms with Crippen LogP contribution in [0.4, 0.5) is 10.5 Å². The zero-order chi connectivity index (χ0) is 17.6. The van der Waals surface area contributed by atoms with Crippen molar-refractivity contribution in [3.63, 3.8) is 0 Å². The maximum Gasteiger partial charge on any atom is 0.411 e. The highest BCUT2D eigenvalue weighted by atomic mass is 16.5. The maximum absolute atomic E-state index is 11.8. The summed E-state index contributed by atoms with van der Waals surface area (Å²) in [6, 6.07) is 16.5. The number of ether oxygens (including phenoxy) is 1. The molecule has 0 heterocycles. The average molecular weight is 327 g/mol. The number of hydrogen-bond acceptors (Lipinski definition) is 3. The molecule has 0 spiro atoms. The lowest BCUT2D eigenvalue weighted by Gasteiger charge is -2.23. The van der Waals surface area contributed by atoms with Gasteiger partial charge in [0.15, 0.2) is 0 Å². The van der Waals surface area contributed by atoms with E-state index in [0.29, 0.717) is 5.69 Å². The molecule has 2 aromatic carbocycles. The Balaban J connectivity index is 1.91. The van der Waals surface area contributed by atoms with Crippen molar-refractivity contribution in [2.75, 3.05) is 5.32 Å². The molecule has 0 radical (unpaired) electrons. The molecule has 0 aliphatic rings. The molecule has 126 valence electrons. The second-order valence-corrected chi connectivity index (χ2v) is 6.22. The Morgan fingerprint density at radius 1 is 1.04 bits per heavy atom. The van der Waals surface area contributed by atoms with Crippen molar-refractivity contribution >= 4 is 17.7 Å². The largest absolute Gasteiger partial charge is 0.481 e. The molecule has 0 unspecified atom stereocenters. The van der Waals surface area contributed by atoms with Crippen LogP contribution in [-0.2, 0) is 21.6 Å². The molecule has 0 saturated heterocycles. The average Bonchev–Trinajstić information content (AvgIpc) is 2.53. The number of carboxylic acids is 1. The maximum atomic E-state index is 11.8. The molecule has 5 heteroatoms. The molecule has 0 aliphatic heterocycles. The summed E-state index contributed by atoms with van der Waals surface area (Å²) < 4.78 is 5.15. The van der Waals surface area contributed by atoms with Crippen LogP contribution in [0.3, 0.4) is 0 Å². The van der Waals surface area contributed by atoms with Crippen LogP contribution in [0, 0.1) is 0 Å². The molecular formula is C19H21NO4. The van der Waals surface area contributed by atoms with Gasteiger partial charge in [-0.3, -0.25) is 10.1 Å². The highest BCUT2D eigenvalue weighted by Crippen LogP contribution is 2.28. The van der Waals surface area contributed by atoms with Crippen LogP contribution < -0.4 is 5.32 Å². The van der Waals surface area contributed by atoms with Crippen molar-refractivity contribution in [2.45, 2.75) is 32.3 Å². The van der Waals surface area contributed by atoms with Gasteiger partial charge in [0.25, 0.3) is 0 Å². The molecule has 2 N–H and O–H groups in total. The monoisotopic (exact) mass is 327 g/mol. The summed E-state index contributed by atoms with van der Waals surface area (Å²) in [4.78, 5) is 22.7. The molecule has 2 rings (SSSR count). The Morgan fingerprint density at radius 3 is 2.25 bits per heavy atom. The van der Waals surface area contributed by atoms with E-state index in [1.165, 1.54) is 0 Å². The quantitative estimate of drug-likeness (QED) is 0.834. The predicted octanol–water partition coefficient (Wildman–Crippen LogP) is 4.19. The Hall–Kier alpha value is -2.82. The van der Waals surface area contributed by atoms with E-state index in [1.54, 1.807) is 12.1 Å². The molecule has 1 amide bonds. The minimum Gasteiger partial charge on any atom is -0.481 e.